The monoisotopic (exact) mass is 281 g/mol. The van der Waals surface area contributed by atoms with Gasteiger partial charge in [-0.15, -0.1) is 0 Å². The topological polar surface area (TPSA) is 89.1 Å². The van der Waals surface area contributed by atoms with Crippen molar-refractivity contribution in [1.82, 2.24) is 15.0 Å². The summed E-state index contributed by atoms with van der Waals surface area (Å²) in [4.78, 5) is 23.0. The Balaban J connectivity index is 1.76. The lowest BCUT2D eigenvalue weighted by Gasteiger charge is -2.01. The van der Waals surface area contributed by atoms with E-state index in [2.05, 4.69) is 15.0 Å². The van der Waals surface area contributed by atoms with Crippen molar-refractivity contribution in [2.75, 3.05) is 0 Å². The number of benzene rings is 1. The molecule has 0 radical (unpaired) electrons. The van der Waals surface area contributed by atoms with Crippen molar-refractivity contribution in [2.24, 2.45) is 0 Å². The zero-order valence-electron chi connectivity index (χ0n) is 10.9. The van der Waals surface area contributed by atoms with E-state index >= 15 is 0 Å². The number of rotatable bonds is 4. The minimum absolute atomic E-state index is 0.120. The molecule has 0 atom stereocenters. The van der Waals surface area contributed by atoms with Crippen LogP contribution < -0.4 is 0 Å². The van der Waals surface area contributed by atoms with Crippen LogP contribution in [-0.2, 0) is 6.42 Å². The number of aromatic carboxylic acids is 1. The second-order valence-corrected chi connectivity index (χ2v) is 4.36. The highest BCUT2D eigenvalue weighted by molar-refractivity contribution is 5.84. The van der Waals surface area contributed by atoms with E-state index in [1.165, 1.54) is 0 Å². The summed E-state index contributed by atoms with van der Waals surface area (Å²) in [6.07, 6.45) is 4.80. The first-order chi connectivity index (χ1) is 10.2. The van der Waals surface area contributed by atoms with Gasteiger partial charge < -0.3 is 9.52 Å². The Morgan fingerprint density at radius 3 is 2.43 bits per heavy atom. The third kappa shape index (κ3) is 2.94. The summed E-state index contributed by atoms with van der Waals surface area (Å²) in [5.41, 5.74) is 1.83. The highest BCUT2D eigenvalue weighted by Crippen LogP contribution is 2.17. The number of aromatic nitrogens is 3. The number of hydrogen-bond acceptors (Lipinski definition) is 5. The average Bonchev–Trinajstić information content (AvgIpc) is 2.98. The summed E-state index contributed by atoms with van der Waals surface area (Å²) in [5.74, 6) is -0.321. The molecule has 3 aromatic rings. The molecule has 0 aliphatic carbocycles. The molecular weight excluding hydrogens is 270 g/mol. The fourth-order valence-corrected chi connectivity index (χ4v) is 1.85. The number of hydrogen-bond donors (Lipinski definition) is 1. The van der Waals surface area contributed by atoms with Crippen LogP contribution in [0.15, 0.2) is 53.4 Å². The van der Waals surface area contributed by atoms with E-state index in [9.17, 15) is 4.79 Å². The van der Waals surface area contributed by atoms with Gasteiger partial charge in [-0.25, -0.2) is 19.7 Å². The Labute approximate surface area is 120 Å². The molecular formula is C15H11N3O3. The molecule has 2 aromatic heterocycles. The van der Waals surface area contributed by atoms with Gasteiger partial charge in [-0.1, -0.05) is 30.3 Å². The van der Waals surface area contributed by atoms with Crippen molar-refractivity contribution < 1.29 is 14.3 Å². The van der Waals surface area contributed by atoms with Gasteiger partial charge in [-0.05, 0) is 5.56 Å². The molecule has 0 aliphatic rings. The first-order valence-electron chi connectivity index (χ1n) is 6.26. The van der Waals surface area contributed by atoms with Gasteiger partial charge in [0, 0.05) is 18.0 Å². The molecule has 3 rings (SSSR count). The maximum Gasteiger partial charge on any atom is 0.357 e. The third-order valence-electron chi connectivity index (χ3n) is 2.89. The van der Waals surface area contributed by atoms with Gasteiger partial charge in [0.15, 0.2) is 5.69 Å². The molecule has 6 heteroatoms. The molecule has 0 amide bonds. The fourth-order valence-electron chi connectivity index (χ4n) is 1.85. The molecule has 0 spiro atoms. The maximum atomic E-state index is 10.7. The summed E-state index contributed by atoms with van der Waals surface area (Å²) in [7, 11) is 0. The lowest BCUT2D eigenvalue weighted by atomic mass is 10.1. The lowest BCUT2D eigenvalue weighted by Crippen LogP contribution is -1.99. The van der Waals surface area contributed by atoms with E-state index in [1.54, 1.807) is 12.4 Å². The van der Waals surface area contributed by atoms with E-state index in [-0.39, 0.29) is 18.0 Å². The number of nitrogens with zero attached hydrogens (tertiary/aromatic N) is 3. The zero-order chi connectivity index (χ0) is 14.7. The van der Waals surface area contributed by atoms with Crippen LogP contribution in [-0.4, -0.2) is 26.0 Å². The minimum Gasteiger partial charge on any atom is -0.476 e. The molecule has 0 saturated carbocycles. The van der Waals surface area contributed by atoms with E-state index in [0.717, 1.165) is 17.4 Å². The predicted octanol–water partition coefficient (Wildman–Crippen LogP) is 2.42. The van der Waals surface area contributed by atoms with Gasteiger partial charge >= 0.3 is 5.97 Å². The summed E-state index contributed by atoms with van der Waals surface area (Å²) in [6, 6.07) is 9.80. The molecule has 104 valence electrons. The number of carboxylic acids is 1. The molecule has 0 aliphatic heterocycles. The van der Waals surface area contributed by atoms with Crippen molar-refractivity contribution in [3.8, 4) is 11.1 Å². The third-order valence-corrected chi connectivity index (χ3v) is 2.89. The Bertz CT molecular complexity index is 751. The molecule has 1 aromatic carbocycles. The second kappa shape index (κ2) is 5.54. The van der Waals surface area contributed by atoms with Crippen molar-refractivity contribution in [2.45, 2.75) is 6.42 Å². The van der Waals surface area contributed by atoms with Gasteiger partial charge in [0.1, 0.15) is 12.1 Å². The number of oxazole rings is 1. The van der Waals surface area contributed by atoms with Crippen LogP contribution in [0.3, 0.4) is 0 Å². The second-order valence-electron chi connectivity index (χ2n) is 4.36. The highest BCUT2D eigenvalue weighted by Gasteiger charge is 2.11. The standard InChI is InChI=1S/C15H11N3O3/c19-15(20)12-9-21-14(18-12)6-13-16-7-11(8-17-13)10-4-2-1-3-5-10/h1-5,7-9H,6H2,(H,19,20). The molecule has 21 heavy (non-hydrogen) atoms. The van der Waals surface area contributed by atoms with E-state index < -0.39 is 5.97 Å². The van der Waals surface area contributed by atoms with Crippen LogP contribution in [0.4, 0.5) is 0 Å². The van der Waals surface area contributed by atoms with Crippen LogP contribution in [0.25, 0.3) is 11.1 Å². The Morgan fingerprint density at radius 2 is 1.81 bits per heavy atom. The number of carbonyl (C=O) groups is 1. The van der Waals surface area contributed by atoms with Gasteiger partial charge in [0.05, 0.1) is 6.42 Å². The molecule has 0 unspecified atom stereocenters. The van der Waals surface area contributed by atoms with Gasteiger partial charge in [0.2, 0.25) is 5.89 Å². The average molecular weight is 281 g/mol. The lowest BCUT2D eigenvalue weighted by molar-refractivity contribution is 0.0690. The SMILES string of the molecule is O=C(O)c1coc(Cc2ncc(-c3ccccc3)cn2)n1. The zero-order valence-corrected chi connectivity index (χ0v) is 10.9. The van der Waals surface area contributed by atoms with Crippen LogP contribution in [0.1, 0.15) is 22.2 Å². The van der Waals surface area contributed by atoms with Crippen LogP contribution >= 0.6 is 0 Å². The summed E-state index contributed by atoms with van der Waals surface area (Å²) >= 11 is 0. The van der Waals surface area contributed by atoms with Crippen LogP contribution in [0.5, 0.6) is 0 Å². The van der Waals surface area contributed by atoms with Crippen LogP contribution in [0.2, 0.25) is 0 Å². The summed E-state index contributed by atoms with van der Waals surface area (Å²) in [5, 5.41) is 8.77. The predicted molar refractivity (Wildman–Crippen MR) is 73.7 cm³/mol. The fraction of sp³-hybridized carbons (Fsp3) is 0.0667. The van der Waals surface area contributed by atoms with Crippen molar-refractivity contribution >= 4 is 5.97 Å². The van der Waals surface area contributed by atoms with Crippen molar-refractivity contribution in [1.29, 1.82) is 0 Å². The first kappa shape index (κ1) is 13.0. The Kier molecular flexibility index (Phi) is 3.42. The summed E-state index contributed by atoms with van der Waals surface area (Å²) < 4.78 is 5.07. The van der Waals surface area contributed by atoms with Gasteiger partial charge in [0.25, 0.3) is 0 Å². The number of carboxylic acid groups (broad SMARTS) is 1. The molecule has 2 heterocycles. The van der Waals surface area contributed by atoms with Gasteiger partial charge in [-0.2, -0.15) is 0 Å². The Morgan fingerprint density at radius 1 is 1.10 bits per heavy atom. The van der Waals surface area contributed by atoms with E-state index in [1.807, 2.05) is 30.3 Å². The molecule has 6 nitrogen and oxygen atoms in total. The van der Waals surface area contributed by atoms with Gasteiger partial charge in [-0.3, -0.25) is 0 Å². The van der Waals surface area contributed by atoms with E-state index in [4.69, 9.17) is 9.52 Å². The molecule has 0 saturated heterocycles. The normalized spacial score (nSPS) is 10.5. The highest BCUT2D eigenvalue weighted by atomic mass is 16.4. The van der Waals surface area contributed by atoms with Crippen molar-refractivity contribution in [3.05, 3.63) is 66.4 Å². The van der Waals surface area contributed by atoms with Crippen LogP contribution in [0, 0.1) is 0 Å². The van der Waals surface area contributed by atoms with E-state index in [0.29, 0.717) is 5.82 Å². The largest absolute Gasteiger partial charge is 0.476 e. The Hall–Kier alpha value is -3.02. The first-order valence-corrected chi connectivity index (χ1v) is 6.26. The molecule has 0 fully saturated rings. The smallest absolute Gasteiger partial charge is 0.357 e. The maximum absolute atomic E-state index is 10.7. The van der Waals surface area contributed by atoms with Crippen molar-refractivity contribution in [3.63, 3.8) is 0 Å². The molecule has 1 N–H and O–H groups in total. The summed E-state index contributed by atoms with van der Waals surface area (Å²) in [6.45, 7) is 0. The minimum atomic E-state index is -1.12. The quantitative estimate of drug-likeness (QED) is 0.790. The molecule has 0 bridgehead atoms.